The second-order valence-electron chi connectivity index (χ2n) is 7.37. The number of nitrogens with zero attached hydrogens (tertiary/aromatic N) is 2. The minimum Gasteiger partial charge on any atom is -0.476 e. The van der Waals surface area contributed by atoms with Crippen molar-refractivity contribution in [2.75, 3.05) is 32.6 Å². The van der Waals surface area contributed by atoms with Crippen LogP contribution in [0.2, 0.25) is 0 Å². The fraction of sp³-hybridized carbons (Fsp3) is 0.579. The predicted molar refractivity (Wildman–Crippen MR) is 106 cm³/mol. The Kier molecular flexibility index (Phi) is 5.29. The van der Waals surface area contributed by atoms with Crippen molar-refractivity contribution in [3.8, 4) is 0 Å². The highest BCUT2D eigenvalue weighted by molar-refractivity contribution is 7.84. The molecule has 1 aromatic carbocycles. The summed E-state index contributed by atoms with van der Waals surface area (Å²) >= 11 is 0. The summed E-state index contributed by atoms with van der Waals surface area (Å²) in [7, 11) is 0.539. The van der Waals surface area contributed by atoms with E-state index in [-0.39, 0.29) is 18.1 Å². The number of rotatable bonds is 5. The Balaban J connectivity index is 1.51. The van der Waals surface area contributed by atoms with Crippen LogP contribution in [-0.4, -0.2) is 64.8 Å². The van der Waals surface area contributed by atoms with E-state index in [9.17, 15) is 4.21 Å². The molecule has 1 aromatic heterocycles. The van der Waals surface area contributed by atoms with Crippen molar-refractivity contribution in [2.45, 2.75) is 31.1 Å². The molecular formula is C19H26N4O3S. The van der Waals surface area contributed by atoms with Crippen LogP contribution in [0.15, 0.2) is 28.3 Å². The minimum absolute atomic E-state index is 0.136. The van der Waals surface area contributed by atoms with Crippen molar-refractivity contribution in [2.24, 2.45) is 16.8 Å². The Morgan fingerprint density at radius 2 is 2.22 bits per heavy atom. The largest absolute Gasteiger partial charge is 0.476 e. The number of ether oxygens (including phenoxy) is 2. The number of H-pyrrole nitrogens is 1. The van der Waals surface area contributed by atoms with Crippen molar-refractivity contribution in [3.63, 3.8) is 0 Å². The maximum atomic E-state index is 12.9. The van der Waals surface area contributed by atoms with Gasteiger partial charge in [-0.05, 0) is 30.0 Å². The van der Waals surface area contributed by atoms with E-state index in [4.69, 9.17) is 9.47 Å². The van der Waals surface area contributed by atoms with Crippen LogP contribution in [0.25, 0.3) is 11.0 Å². The van der Waals surface area contributed by atoms with Crippen molar-refractivity contribution < 1.29 is 13.7 Å². The summed E-state index contributed by atoms with van der Waals surface area (Å²) < 4.78 is 24.1. The van der Waals surface area contributed by atoms with Gasteiger partial charge in [0.15, 0.2) is 5.16 Å². The average Bonchev–Trinajstić information content (AvgIpc) is 3.33. The standard InChI is InChI=1S/C19H26N4O3S/c1-11-9-21-16(12(2)17(11)25-3)10-27(24)19-22-14-5-4-13(8-15(14)23-19)18-20-6-7-26-18/h4-5,8,11-12,16-17,21H,6-7,9-10H2,1-3H3,(H,22,23). The van der Waals surface area contributed by atoms with Gasteiger partial charge in [-0.2, -0.15) is 0 Å². The first-order valence-electron chi connectivity index (χ1n) is 9.38. The van der Waals surface area contributed by atoms with Crippen LogP contribution in [0.1, 0.15) is 19.4 Å². The number of hydrogen-bond acceptors (Lipinski definition) is 6. The molecular weight excluding hydrogens is 364 g/mol. The molecule has 27 heavy (non-hydrogen) atoms. The van der Waals surface area contributed by atoms with E-state index < -0.39 is 10.8 Å². The van der Waals surface area contributed by atoms with Crippen LogP contribution < -0.4 is 5.32 Å². The highest BCUT2D eigenvalue weighted by Crippen LogP contribution is 2.25. The fourth-order valence-electron chi connectivity index (χ4n) is 4.02. The van der Waals surface area contributed by atoms with Gasteiger partial charge < -0.3 is 19.8 Å². The summed E-state index contributed by atoms with van der Waals surface area (Å²) in [5.41, 5.74) is 2.57. The van der Waals surface area contributed by atoms with E-state index in [1.54, 1.807) is 7.11 Å². The zero-order chi connectivity index (χ0) is 19.0. The molecule has 0 amide bonds. The molecule has 0 saturated carbocycles. The molecule has 2 aliphatic rings. The summed E-state index contributed by atoms with van der Waals surface area (Å²) in [6, 6.07) is 5.94. The van der Waals surface area contributed by atoms with Crippen molar-refractivity contribution in [1.82, 2.24) is 15.3 Å². The molecule has 1 fully saturated rings. The monoisotopic (exact) mass is 390 g/mol. The molecule has 8 heteroatoms. The first kappa shape index (κ1) is 18.6. The van der Waals surface area contributed by atoms with E-state index in [2.05, 4.69) is 34.1 Å². The third-order valence-corrected chi connectivity index (χ3v) is 6.81. The number of hydrogen-bond donors (Lipinski definition) is 2. The van der Waals surface area contributed by atoms with E-state index in [1.807, 2.05) is 18.2 Å². The molecule has 146 valence electrons. The number of nitrogens with one attached hydrogen (secondary N) is 2. The average molecular weight is 391 g/mol. The Bertz CT molecular complexity index is 881. The molecule has 0 aliphatic carbocycles. The summed E-state index contributed by atoms with van der Waals surface area (Å²) in [5, 5.41) is 4.03. The summed E-state index contributed by atoms with van der Waals surface area (Å²) in [6.07, 6.45) is 0.179. The zero-order valence-electron chi connectivity index (χ0n) is 15.9. The smallest absolute Gasteiger partial charge is 0.216 e. The number of aromatic nitrogens is 2. The van der Waals surface area contributed by atoms with E-state index >= 15 is 0 Å². The van der Waals surface area contributed by atoms with Crippen molar-refractivity contribution in [3.05, 3.63) is 23.8 Å². The third kappa shape index (κ3) is 3.66. The number of piperidine rings is 1. The lowest BCUT2D eigenvalue weighted by molar-refractivity contribution is -0.0136. The number of aromatic amines is 1. The van der Waals surface area contributed by atoms with Gasteiger partial charge in [0.1, 0.15) is 6.61 Å². The van der Waals surface area contributed by atoms with Gasteiger partial charge in [-0.25, -0.2) is 9.98 Å². The van der Waals surface area contributed by atoms with E-state index in [1.165, 1.54) is 0 Å². The lowest BCUT2D eigenvalue weighted by atomic mass is 9.84. The molecule has 7 nitrogen and oxygen atoms in total. The number of benzene rings is 1. The highest BCUT2D eigenvalue weighted by Gasteiger charge is 2.35. The van der Waals surface area contributed by atoms with Crippen LogP contribution in [0.3, 0.4) is 0 Å². The topological polar surface area (TPSA) is 88.6 Å². The number of methoxy groups -OCH3 is 1. The molecule has 4 rings (SSSR count). The molecule has 1 saturated heterocycles. The van der Waals surface area contributed by atoms with Crippen LogP contribution in [0, 0.1) is 11.8 Å². The van der Waals surface area contributed by atoms with Crippen molar-refractivity contribution >= 4 is 27.7 Å². The van der Waals surface area contributed by atoms with Gasteiger partial charge in [0, 0.05) is 31.0 Å². The second kappa shape index (κ2) is 7.69. The first-order chi connectivity index (χ1) is 13.1. The quantitative estimate of drug-likeness (QED) is 0.811. The SMILES string of the molecule is COC1C(C)CNC(CS(=O)c2nc3ccc(C4=NCCO4)cc3[nH]2)C1C. The molecule has 0 bridgehead atoms. The molecule has 2 aromatic rings. The fourth-order valence-corrected chi connectivity index (χ4v) is 5.35. The Labute approximate surface area is 161 Å². The zero-order valence-corrected chi connectivity index (χ0v) is 16.7. The van der Waals surface area contributed by atoms with Crippen LogP contribution in [-0.2, 0) is 20.3 Å². The number of fused-ring (bicyclic) bond motifs is 1. The van der Waals surface area contributed by atoms with Gasteiger partial charge in [0.05, 0.1) is 34.5 Å². The second-order valence-corrected chi connectivity index (χ2v) is 8.78. The molecule has 3 heterocycles. The Morgan fingerprint density at radius 3 is 2.96 bits per heavy atom. The van der Waals surface area contributed by atoms with E-state index in [0.29, 0.717) is 35.9 Å². The summed E-state index contributed by atoms with van der Waals surface area (Å²) in [5.74, 6) is 1.90. The molecule has 5 unspecified atom stereocenters. The molecule has 5 atom stereocenters. The van der Waals surface area contributed by atoms with E-state index in [0.717, 1.165) is 23.1 Å². The maximum Gasteiger partial charge on any atom is 0.216 e. The van der Waals surface area contributed by atoms with Gasteiger partial charge in [-0.3, -0.25) is 4.21 Å². The number of imidazole rings is 1. The lowest BCUT2D eigenvalue weighted by Gasteiger charge is -2.39. The predicted octanol–water partition coefficient (Wildman–Crippen LogP) is 1.71. The summed E-state index contributed by atoms with van der Waals surface area (Å²) in [4.78, 5) is 12.1. The first-order valence-corrected chi connectivity index (χ1v) is 10.7. The Hall–Kier alpha value is -1.77. The van der Waals surface area contributed by atoms with Gasteiger partial charge in [-0.15, -0.1) is 0 Å². The van der Waals surface area contributed by atoms with Crippen LogP contribution >= 0.6 is 0 Å². The third-order valence-electron chi connectivity index (χ3n) is 5.53. The minimum atomic E-state index is -1.22. The van der Waals surface area contributed by atoms with Crippen LogP contribution in [0.5, 0.6) is 0 Å². The van der Waals surface area contributed by atoms with Crippen molar-refractivity contribution in [1.29, 1.82) is 0 Å². The summed E-state index contributed by atoms with van der Waals surface area (Å²) in [6.45, 7) is 6.53. The molecule has 0 spiro atoms. The van der Waals surface area contributed by atoms with Gasteiger partial charge in [0.25, 0.3) is 0 Å². The number of aliphatic imine (C=N–C) groups is 1. The highest BCUT2D eigenvalue weighted by atomic mass is 32.2. The van der Waals surface area contributed by atoms with Gasteiger partial charge in [0.2, 0.25) is 5.90 Å². The Morgan fingerprint density at radius 1 is 1.37 bits per heavy atom. The van der Waals surface area contributed by atoms with Gasteiger partial charge >= 0.3 is 0 Å². The molecule has 0 radical (unpaired) electrons. The molecule has 2 N–H and O–H groups in total. The maximum absolute atomic E-state index is 12.9. The normalized spacial score (nSPS) is 29.5. The molecule has 2 aliphatic heterocycles. The van der Waals surface area contributed by atoms with Crippen LogP contribution in [0.4, 0.5) is 0 Å². The lowest BCUT2D eigenvalue weighted by Crippen LogP contribution is -2.54. The van der Waals surface area contributed by atoms with Gasteiger partial charge in [-0.1, -0.05) is 13.8 Å².